The van der Waals surface area contributed by atoms with Gasteiger partial charge in [0.25, 0.3) is 0 Å². The number of nitrogens with zero attached hydrogens (tertiary/aromatic N) is 5. The van der Waals surface area contributed by atoms with Crippen LogP contribution in [0.15, 0.2) is 38.5 Å². The number of sulfonamides is 1. The Labute approximate surface area is 162 Å². The highest BCUT2D eigenvalue weighted by Crippen LogP contribution is 2.24. The number of thiophene rings is 1. The number of aromatic nitrogens is 3. The van der Waals surface area contributed by atoms with Gasteiger partial charge in [0.15, 0.2) is 5.76 Å². The molecule has 0 amide bonds. The van der Waals surface area contributed by atoms with Crippen molar-refractivity contribution in [2.24, 2.45) is 0 Å². The molecule has 4 heterocycles. The molecule has 4 rings (SSSR count). The third-order valence-electron chi connectivity index (χ3n) is 4.70. The zero-order valence-electron chi connectivity index (χ0n) is 15.2. The standard InChI is InChI=1S/C17H21N5O3S2/c1-13-17(14(2)25-19-13)27(23,24)22-8-6-20(7-9-22)12-21-5-3-16(18-21)15-4-10-26-11-15/h3-5,10-11H,6-9,12H2,1-2H3. The lowest BCUT2D eigenvalue weighted by atomic mass is 10.2. The van der Waals surface area contributed by atoms with Gasteiger partial charge in [0.2, 0.25) is 10.0 Å². The molecule has 1 aliphatic heterocycles. The van der Waals surface area contributed by atoms with Crippen LogP contribution in [0.1, 0.15) is 11.5 Å². The number of hydrogen-bond acceptors (Lipinski definition) is 7. The fourth-order valence-electron chi connectivity index (χ4n) is 3.29. The van der Waals surface area contributed by atoms with E-state index in [2.05, 4.69) is 26.6 Å². The van der Waals surface area contributed by atoms with E-state index in [1.807, 2.05) is 22.3 Å². The summed E-state index contributed by atoms with van der Waals surface area (Å²) in [5, 5.41) is 12.5. The van der Waals surface area contributed by atoms with E-state index in [1.165, 1.54) is 4.31 Å². The van der Waals surface area contributed by atoms with Crippen molar-refractivity contribution in [2.45, 2.75) is 25.4 Å². The Hall–Kier alpha value is -2.01. The van der Waals surface area contributed by atoms with Crippen molar-refractivity contribution in [3.63, 3.8) is 0 Å². The minimum Gasteiger partial charge on any atom is -0.360 e. The molecule has 3 aromatic rings. The molecule has 0 spiro atoms. The molecule has 144 valence electrons. The van der Waals surface area contributed by atoms with Gasteiger partial charge in [-0.05, 0) is 31.4 Å². The molecule has 0 bridgehead atoms. The smallest absolute Gasteiger partial charge is 0.248 e. The molecule has 27 heavy (non-hydrogen) atoms. The highest BCUT2D eigenvalue weighted by atomic mass is 32.2. The number of piperazine rings is 1. The van der Waals surface area contributed by atoms with E-state index < -0.39 is 10.0 Å². The van der Waals surface area contributed by atoms with E-state index in [-0.39, 0.29) is 4.90 Å². The van der Waals surface area contributed by atoms with Crippen LogP contribution in [0, 0.1) is 13.8 Å². The van der Waals surface area contributed by atoms with Crippen molar-refractivity contribution in [2.75, 3.05) is 26.2 Å². The summed E-state index contributed by atoms with van der Waals surface area (Å²) < 4.78 is 34.2. The average Bonchev–Trinajstić information content (AvgIpc) is 3.37. The highest BCUT2D eigenvalue weighted by molar-refractivity contribution is 7.89. The Morgan fingerprint density at radius 3 is 2.59 bits per heavy atom. The van der Waals surface area contributed by atoms with Crippen LogP contribution in [0.25, 0.3) is 11.3 Å². The third-order valence-corrected chi connectivity index (χ3v) is 7.53. The van der Waals surface area contributed by atoms with Crippen molar-refractivity contribution in [1.29, 1.82) is 0 Å². The second kappa shape index (κ2) is 7.19. The molecule has 8 nitrogen and oxygen atoms in total. The van der Waals surface area contributed by atoms with Crippen molar-refractivity contribution < 1.29 is 12.9 Å². The second-order valence-electron chi connectivity index (χ2n) is 6.57. The summed E-state index contributed by atoms with van der Waals surface area (Å²) in [4.78, 5) is 2.40. The lowest BCUT2D eigenvalue weighted by molar-refractivity contribution is 0.146. The molecular weight excluding hydrogens is 386 g/mol. The van der Waals surface area contributed by atoms with Crippen LogP contribution in [-0.4, -0.2) is 58.7 Å². The molecule has 0 aromatic carbocycles. The Balaban J connectivity index is 1.39. The van der Waals surface area contributed by atoms with Crippen molar-refractivity contribution in [3.8, 4) is 11.3 Å². The van der Waals surface area contributed by atoms with Gasteiger partial charge in [-0.1, -0.05) is 5.16 Å². The molecule has 0 unspecified atom stereocenters. The van der Waals surface area contributed by atoms with Crippen LogP contribution < -0.4 is 0 Å². The van der Waals surface area contributed by atoms with Crippen LogP contribution in [-0.2, 0) is 16.7 Å². The van der Waals surface area contributed by atoms with Crippen LogP contribution in [0.3, 0.4) is 0 Å². The molecule has 1 fully saturated rings. The molecule has 0 atom stereocenters. The largest absolute Gasteiger partial charge is 0.360 e. The van der Waals surface area contributed by atoms with Gasteiger partial charge in [0.05, 0.1) is 12.4 Å². The molecule has 0 saturated carbocycles. The number of rotatable bonds is 5. The molecule has 0 N–H and O–H groups in total. The van der Waals surface area contributed by atoms with Gasteiger partial charge < -0.3 is 4.52 Å². The van der Waals surface area contributed by atoms with Gasteiger partial charge in [0, 0.05) is 43.3 Å². The van der Waals surface area contributed by atoms with E-state index >= 15 is 0 Å². The predicted octanol–water partition coefficient (Wildman–Crippen LogP) is 2.18. The maximum Gasteiger partial charge on any atom is 0.248 e. The van der Waals surface area contributed by atoms with Crippen molar-refractivity contribution in [1.82, 2.24) is 24.1 Å². The van der Waals surface area contributed by atoms with Gasteiger partial charge >= 0.3 is 0 Å². The fourth-order valence-corrected chi connectivity index (χ4v) is 5.66. The minimum atomic E-state index is -3.57. The van der Waals surface area contributed by atoms with Gasteiger partial charge in [-0.15, -0.1) is 0 Å². The summed E-state index contributed by atoms with van der Waals surface area (Å²) in [5.74, 6) is 0.340. The van der Waals surface area contributed by atoms with E-state index in [0.29, 0.717) is 44.3 Å². The SMILES string of the molecule is Cc1noc(C)c1S(=O)(=O)N1CCN(Cn2ccc(-c3ccsc3)n2)CC1. The highest BCUT2D eigenvalue weighted by Gasteiger charge is 2.33. The maximum absolute atomic E-state index is 12.9. The van der Waals surface area contributed by atoms with Crippen LogP contribution in [0.4, 0.5) is 0 Å². The van der Waals surface area contributed by atoms with E-state index in [0.717, 1.165) is 11.3 Å². The minimum absolute atomic E-state index is 0.198. The summed E-state index contributed by atoms with van der Waals surface area (Å²) >= 11 is 1.65. The summed E-state index contributed by atoms with van der Waals surface area (Å²) in [6.07, 6.45) is 1.96. The Kier molecular flexibility index (Phi) is 4.89. The molecule has 10 heteroatoms. The maximum atomic E-state index is 12.9. The van der Waals surface area contributed by atoms with Crippen molar-refractivity contribution >= 4 is 21.4 Å². The normalized spacial score (nSPS) is 16.8. The molecular formula is C17H21N5O3S2. The lowest BCUT2D eigenvalue weighted by Crippen LogP contribution is -2.49. The third kappa shape index (κ3) is 3.57. The second-order valence-corrected chi connectivity index (χ2v) is 9.22. The van der Waals surface area contributed by atoms with Crippen LogP contribution in [0.5, 0.6) is 0 Å². The lowest BCUT2D eigenvalue weighted by Gasteiger charge is -2.33. The summed E-state index contributed by atoms with van der Waals surface area (Å²) in [7, 11) is -3.57. The van der Waals surface area contributed by atoms with Gasteiger partial charge in [0.1, 0.15) is 10.6 Å². The topological polar surface area (TPSA) is 84.5 Å². The first-order chi connectivity index (χ1) is 12.9. The van der Waals surface area contributed by atoms with Gasteiger partial charge in [-0.3, -0.25) is 9.58 Å². The van der Waals surface area contributed by atoms with E-state index in [1.54, 1.807) is 25.2 Å². The quantitative estimate of drug-likeness (QED) is 0.645. The Morgan fingerprint density at radius 2 is 1.96 bits per heavy atom. The Bertz CT molecular complexity index is 996. The molecule has 0 radical (unpaired) electrons. The molecule has 1 saturated heterocycles. The Morgan fingerprint density at radius 1 is 1.19 bits per heavy atom. The molecule has 3 aromatic heterocycles. The molecule has 1 aliphatic rings. The zero-order chi connectivity index (χ0) is 19.0. The first-order valence-electron chi connectivity index (χ1n) is 8.66. The van der Waals surface area contributed by atoms with E-state index in [9.17, 15) is 8.42 Å². The number of aryl methyl sites for hydroxylation is 2. The van der Waals surface area contributed by atoms with Gasteiger partial charge in [-0.25, -0.2) is 8.42 Å². The fraction of sp³-hybridized carbons (Fsp3) is 0.412. The summed E-state index contributed by atoms with van der Waals surface area (Å²) in [6.45, 7) is 6.10. The van der Waals surface area contributed by atoms with E-state index in [4.69, 9.17) is 4.52 Å². The summed E-state index contributed by atoms with van der Waals surface area (Å²) in [5.41, 5.74) is 2.48. The first kappa shape index (κ1) is 18.4. The summed E-state index contributed by atoms with van der Waals surface area (Å²) in [6, 6.07) is 4.05. The van der Waals surface area contributed by atoms with Crippen LogP contribution >= 0.6 is 11.3 Å². The average molecular weight is 408 g/mol. The monoisotopic (exact) mass is 407 g/mol. The van der Waals surface area contributed by atoms with Gasteiger partial charge in [-0.2, -0.15) is 20.7 Å². The number of hydrogen-bond donors (Lipinski definition) is 0. The molecule has 0 aliphatic carbocycles. The predicted molar refractivity (Wildman–Crippen MR) is 102 cm³/mol. The first-order valence-corrected chi connectivity index (χ1v) is 11.0. The zero-order valence-corrected chi connectivity index (χ0v) is 16.8. The van der Waals surface area contributed by atoms with Crippen LogP contribution in [0.2, 0.25) is 0 Å². The van der Waals surface area contributed by atoms with Crippen molar-refractivity contribution in [3.05, 3.63) is 40.5 Å².